The van der Waals surface area contributed by atoms with Crippen molar-refractivity contribution in [2.24, 2.45) is 0 Å². The van der Waals surface area contributed by atoms with E-state index in [-0.39, 0.29) is 11.9 Å². The molecule has 1 heterocycles. The molecule has 0 bridgehead atoms. The van der Waals surface area contributed by atoms with E-state index in [4.69, 9.17) is 11.6 Å². The van der Waals surface area contributed by atoms with Crippen LogP contribution in [0.3, 0.4) is 0 Å². The second-order valence-corrected chi connectivity index (χ2v) is 5.36. The van der Waals surface area contributed by atoms with Crippen molar-refractivity contribution in [3.8, 4) is 0 Å². The van der Waals surface area contributed by atoms with Gasteiger partial charge < -0.3 is 10.6 Å². The highest BCUT2D eigenvalue weighted by molar-refractivity contribution is 6.31. The number of hydrogen-bond acceptors (Lipinski definition) is 2. The third-order valence-electron chi connectivity index (χ3n) is 3.59. The number of nitrogens with one attached hydrogen (secondary N) is 2. The average molecular weight is 283 g/mol. The first kappa shape index (κ1) is 14.4. The van der Waals surface area contributed by atoms with E-state index in [0.717, 1.165) is 31.5 Å². The lowest BCUT2D eigenvalue weighted by molar-refractivity contribution is 0.533. The van der Waals surface area contributed by atoms with Crippen LogP contribution >= 0.6 is 11.6 Å². The zero-order chi connectivity index (χ0) is 13.8. The average Bonchev–Trinajstić information content (AvgIpc) is 2.39. The Kier molecular flexibility index (Phi) is 4.83. The van der Waals surface area contributed by atoms with Crippen molar-refractivity contribution in [1.29, 1.82) is 0 Å². The molecule has 4 heteroatoms. The lowest BCUT2D eigenvalue weighted by Gasteiger charge is -2.26. The Labute approximate surface area is 119 Å². The summed E-state index contributed by atoms with van der Waals surface area (Å²) in [4.78, 5) is 0. The molecule has 1 aliphatic rings. The van der Waals surface area contributed by atoms with Gasteiger partial charge in [-0.2, -0.15) is 0 Å². The quantitative estimate of drug-likeness (QED) is 0.878. The summed E-state index contributed by atoms with van der Waals surface area (Å²) >= 11 is 6.15. The molecular weight excluding hydrogens is 263 g/mol. The lowest BCUT2D eigenvalue weighted by atomic mass is 10.0. The first-order valence-corrected chi connectivity index (χ1v) is 7.10. The Morgan fingerprint density at radius 1 is 1.47 bits per heavy atom. The zero-order valence-corrected chi connectivity index (χ0v) is 12.1. The van der Waals surface area contributed by atoms with Crippen LogP contribution in [0.25, 0.3) is 0 Å². The van der Waals surface area contributed by atoms with E-state index in [1.165, 1.54) is 23.4 Å². The van der Waals surface area contributed by atoms with Gasteiger partial charge in [-0.05, 0) is 44.0 Å². The van der Waals surface area contributed by atoms with Crippen LogP contribution in [0.1, 0.15) is 38.3 Å². The van der Waals surface area contributed by atoms with Gasteiger partial charge in [-0.25, -0.2) is 4.39 Å². The van der Waals surface area contributed by atoms with Gasteiger partial charge in [-0.15, -0.1) is 0 Å². The molecule has 0 aromatic heterocycles. The predicted molar refractivity (Wildman–Crippen MR) is 77.8 cm³/mol. The molecule has 0 fully saturated rings. The van der Waals surface area contributed by atoms with Crippen LogP contribution in [0.4, 0.5) is 4.39 Å². The molecule has 0 radical (unpaired) electrons. The standard InChI is InChI=1S/C15H20ClFN2/c1-3-14(12-5-4-11(17)8-13(12)16)19-15-9-18-7-6-10(15)2/h4-5,8,14,18-19H,3,6-7,9H2,1-2H3. The Morgan fingerprint density at radius 2 is 2.26 bits per heavy atom. The largest absolute Gasteiger partial charge is 0.380 e. The number of rotatable bonds is 4. The van der Waals surface area contributed by atoms with Crippen LogP contribution in [-0.2, 0) is 0 Å². The van der Waals surface area contributed by atoms with E-state index >= 15 is 0 Å². The molecule has 1 aromatic rings. The van der Waals surface area contributed by atoms with Gasteiger partial charge in [0.15, 0.2) is 0 Å². The molecule has 0 saturated carbocycles. The molecular formula is C15H20ClFN2. The van der Waals surface area contributed by atoms with E-state index < -0.39 is 0 Å². The van der Waals surface area contributed by atoms with E-state index in [0.29, 0.717) is 5.02 Å². The summed E-state index contributed by atoms with van der Waals surface area (Å²) in [5.41, 5.74) is 3.57. The molecule has 0 aliphatic carbocycles. The van der Waals surface area contributed by atoms with Crippen molar-refractivity contribution in [2.75, 3.05) is 13.1 Å². The summed E-state index contributed by atoms with van der Waals surface area (Å²) in [7, 11) is 0. The molecule has 2 nitrogen and oxygen atoms in total. The highest BCUT2D eigenvalue weighted by Gasteiger charge is 2.17. The van der Waals surface area contributed by atoms with Gasteiger partial charge in [0.05, 0.1) is 6.04 Å². The maximum absolute atomic E-state index is 13.1. The molecule has 2 rings (SSSR count). The van der Waals surface area contributed by atoms with E-state index in [9.17, 15) is 4.39 Å². The summed E-state index contributed by atoms with van der Waals surface area (Å²) in [5, 5.41) is 7.39. The van der Waals surface area contributed by atoms with Crippen LogP contribution in [0, 0.1) is 5.82 Å². The number of benzene rings is 1. The third-order valence-corrected chi connectivity index (χ3v) is 3.92. The van der Waals surface area contributed by atoms with Gasteiger partial charge >= 0.3 is 0 Å². The fraction of sp³-hybridized carbons (Fsp3) is 0.467. The predicted octanol–water partition coefficient (Wildman–Crippen LogP) is 3.79. The SMILES string of the molecule is CCC(NC1=C(C)CCNC1)c1ccc(F)cc1Cl. The zero-order valence-electron chi connectivity index (χ0n) is 11.4. The molecule has 1 atom stereocenters. The number of hydrogen-bond donors (Lipinski definition) is 2. The first-order chi connectivity index (χ1) is 9.11. The third kappa shape index (κ3) is 3.48. The molecule has 1 aromatic carbocycles. The second-order valence-electron chi connectivity index (χ2n) is 4.96. The van der Waals surface area contributed by atoms with Crippen molar-refractivity contribution in [1.82, 2.24) is 10.6 Å². The Hall–Kier alpha value is -1.06. The van der Waals surface area contributed by atoms with E-state index in [1.54, 1.807) is 6.07 Å². The maximum atomic E-state index is 13.1. The van der Waals surface area contributed by atoms with Crippen LogP contribution in [0.2, 0.25) is 5.02 Å². The summed E-state index contributed by atoms with van der Waals surface area (Å²) in [5.74, 6) is -0.293. The molecule has 0 saturated heterocycles. The van der Waals surface area contributed by atoms with Crippen LogP contribution in [0.15, 0.2) is 29.5 Å². The minimum atomic E-state index is -0.293. The molecule has 0 spiro atoms. The summed E-state index contributed by atoms with van der Waals surface area (Å²) in [6.45, 7) is 6.15. The van der Waals surface area contributed by atoms with Gasteiger partial charge in [0, 0.05) is 17.3 Å². The van der Waals surface area contributed by atoms with Crippen LogP contribution < -0.4 is 10.6 Å². The van der Waals surface area contributed by atoms with Gasteiger partial charge in [0.25, 0.3) is 0 Å². The minimum Gasteiger partial charge on any atom is -0.380 e. The normalized spacial score (nSPS) is 17.5. The topological polar surface area (TPSA) is 24.1 Å². The number of halogens is 2. The minimum absolute atomic E-state index is 0.123. The molecule has 0 amide bonds. The van der Waals surface area contributed by atoms with Gasteiger partial charge in [-0.3, -0.25) is 0 Å². The first-order valence-electron chi connectivity index (χ1n) is 6.72. The summed E-state index contributed by atoms with van der Waals surface area (Å²) in [6, 6.07) is 4.73. The Balaban J connectivity index is 2.20. The highest BCUT2D eigenvalue weighted by atomic mass is 35.5. The van der Waals surface area contributed by atoms with Crippen molar-refractivity contribution < 1.29 is 4.39 Å². The smallest absolute Gasteiger partial charge is 0.124 e. The van der Waals surface area contributed by atoms with Gasteiger partial charge in [-0.1, -0.05) is 30.2 Å². The van der Waals surface area contributed by atoms with Crippen molar-refractivity contribution in [3.63, 3.8) is 0 Å². The van der Waals surface area contributed by atoms with Crippen LogP contribution in [-0.4, -0.2) is 13.1 Å². The molecule has 19 heavy (non-hydrogen) atoms. The molecule has 1 aliphatic heterocycles. The van der Waals surface area contributed by atoms with Gasteiger partial charge in [0.1, 0.15) is 5.82 Å². The Bertz CT molecular complexity index is 485. The van der Waals surface area contributed by atoms with Crippen molar-refractivity contribution in [2.45, 2.75) is 32.7 Å². The monoisotopic (exact) mass is 282 g/mol. The lowest BCUT2D eigenvalue weighted by Crippen LogP contribution is -2.33. The highest BCUT2D eigenvalue weighted by Crippen LogP contribution is 2.27. The Morgan fingerprint density at radius 3 is 2.89 bits per heavy atom. The maximum Gasteiger partial charge on any atom is 0.124 e. The van der Waals surface area contributed by atoms with E-state index in [1.807, 2.05) is 0 Å². The van der Waals surface area contributed by atoms with Crippen molar-refractivity contribution in [3.05, 3.63) is 45.9 Å². The second kappa shape index (κ2) is 6.40. The van der Waals surface area contributed by atoms with Crippen LogP contribution in [0.5, 0.6) is 0 Å². The molecule has 104 valence electrons. The molecule has 2 N–H and O–H groups in total. The van der Waals surface area contributed by atoms with E-state index in [2.05, 4.69) is 24.5 Å². The fourth-order valence-corrected chi connectivity index (χ4v) is 2.66. The fourth-order valence-electron chi connectivity index (χ4n) is 2.36. The summed E-state index contributed by atoms with van der Waals surface area (Å²) < 4.78 is 13.1. The molecule has 1 unspecified atom stereocenters. The summed E-state index contributed by atoms with van der Waals surface area (Å²) in [6.07, 6.45) is 1.97. The van der Waals surface area contributed by atoms with Crippen molar-refractivity contribution >= 4 is 11.6 Å². The van der Waals surface area contributed by atoms with Gasteiger partial charge in [0.2, 0.25) is 0 Å².